The number of nitrogens with zero attached hydrogens (tertiary/aromatic N) is 1. The number of hydrogen-bond donors (Lipinski definition) is 2. The SMILES string of the molecule is O=[N+]([O-])c1ccc(O)c(CNc2ccccc2Cl)c1. The van der Waals surface area contributed by atoms with Gasteiger partial charge in [0.05, 0.1) is 15.6 Å². The molecule has 0 bridgehead atoms. The van der Waals surface area contributed by atoms with E-state index in [-0.39, 0.29) is 18.0 Å². The van der Waals surface area contributed by atoms with E-state index in [4.69, 9.17) is 11.6 Å². The van der Waals surface area contributed by atoms with Crippen molar-refractivity contribution in [2.45, 2.75) is 6.54 Å². The molecule has 19 heavy (non-hydrogen) atoms. The third-order valence-corrected chi connectivity index (χ3v) is 2.95. The zero-order valence-electron chi connectivity index (χ0n) is 9.84. The summed E-state index contributed by atoms with van der Waals surface area (Å²) in [4.78, 5) is 10.2. The molecule has 0 aliphatic carbocycles. The fraction of sp³-hybridized carbons (Fsp3) is 0.0769. The molecule has 2 aromatic rings. The number of nitrogens with one attached hydrogen (secondary N) is 1. The highest BCUT2D eigenvalue weighted by atomic mass is 35.5. The predicted molar refractivity (Wildman–Crippen MR) is 73.5 cm³/mol. The summed E-state index contributed by atoms with van der Waals surface area (Å²) in [5.41, 5.74) is 1.08. The maximum atomic E-state index is 10.7. The summed E-state index contributed by atoms with van der Waals surface area (Å²) in [6, 6.07) is 11.0. The van der Waals surface area contributed by atoms with Gasteiger partial charge in [0.2, 0.25) is 0 Å². The number of hydrogen-bond acceptors (Lipinski definition) is 4. The highest BCUT2D eigenvalue weighted by molar-refractivity contribution is 6.33. The molecule has 2 rings (SSSR count). The molecule has 2 aromatic carbocycles. The second-order valence-corrected chi connectivity index (χ2v) is 4.31. The molecule has 0 unspecified atom stereocenters. The minimum Gasteiger partial charge on any atom is -0.508 e. The van der Waals surface area contributed by atoms with Crippen molar-refractivity contribution in [3.8, 4) is 5.75 Å². The topological polar surface area (TPSA) is 75.4 Å². The molecule has 0 aliphatic heterocycles. The predicted octanol–water partition coefficient (Wildman–Crippen LogP) is 3.57. The summed E-state index contributed by atoms with van der Waals surface area (Å²) in [7, 11) is 0. The first-order valence-electron chi connectivity index (χ1n) is 5.52. The van der Waals surface area contributed by atoms with Gasteiger partial charge in [-0.05, 0) is 18.2 Å². The number of benzene rings is 2. The largest absolute Gasteiger partial charge is 0.508 e. The highest BCUT2D eigenvalue weighted by Gasteiger charge is 2.10. The molecule has 0 saturated carbocycles. The van der Waals surface area contributed by atoms with Crippen LogP contribution in [-0.2, 0) is 6.54 Å². The van der Waals surface area contributed by atoms with Gasteiger partial charge in [-0.2, -0.15) is 0 Å². The van der Waals surface area contributed by atoms with Crippen molar-refractivity contribution in [2.24, 2.45) is 0 Å². The van der Waals surface area contributed by atoms with E-state index < -0.39 is 4.92 Å². The van der Waals surface area contributed by atoms with Crippen LogP contribution in [0.3, 0.4) is 0 Å². The molecule has 0 atom stereocenters. The Kier molecular flexibility index (Phi) is 3.87. The number of para-hydroxylation sites is 1. The molecular formula is C13H11ClN2O3. The maximum absolute atomic E-state index is 10.7. The van der Waals surface area contributed by atoms with Crippen LogP contribution in [0.2, 0.25) is 5.02 Å². The Morgan fingerprint density at radius 3 is 2.68 bits per heavy atom. The standard InChI is InChI=1S/C13H11ClN2O3/c14-11-3-1-2-4-12(11)15-8-9-7-10(16(18)19)5-6-13(9)17/h1-7,15,17H,8H2. The molecule has 0 saturated heterocycles. The summed E-state index contributed by atoms with van der Waals surface area (Å²) in [5, 5.41) is 23.9. The van der Waals surface area contributed by atoms with Gasteiger partial charge in [0, 0.05) is 24.2 Å². The first-order chi connectivity index (χ1) is 9.08. The number of phenols is 1. The molecule has 98 valence electrons. The summed E-state index contributed by atoms with van der Waals surface area (Å²) >= 11 is 5.98. The number of halogens is 1. The third-order valence-electron chi connectivity index (χ3n) is 2.62. The van der Waals surface area contributed by atoms with E-state index in [1.165, 1.54) is 18.2 Å². The van der Waals surface area contributed by atoms with Crippen LogP contribution < -0.4 is 5.32 Å². The Morgan fingerprint density at radius 2 is 2.00 bits per heavy atom. The number of rotatable bonds is 4. The second-order valence-electron chi connectivity index (χ2n) is 3.90. The van der Waals surface area contributed by atoms with Gasteiger partial charge < -0.3 is 10.4 Å². The summed E-state index contributed by atoms with van der Waals surface area (Å²) in [5.74, 6) is 0.00477. The fourth-order valence-electron chi connectivity index (χ4n) is 1.62. The summed E-state index contributed by atoms with van der Waals surface area (Å²) < 4.78 is 0. The van der Waals surface area contributed by atoms with Gasteiger partial charge in [0.15, 0.2) is 0 Å². The van der Waals surface area contributed by atoms with Crippen molar-refractivity contribution in [3.05, 3.63) is 63.2 Å². The molecule has 0 amide bonds. The van der Waals surface area contributed by atoms with Gasteiger partial charge in [0.25, 0.3) is 5.69 Å². The first kappa shape index (κ1) is 13.2. The van der Waals surface area contributed by atoms with Gasteiger partial charge in [0.1, 0.15) is 5.75 Å². The Hall–Kier alpha value is -2.27. The van der Waals surface area contributed by atoms with Gasteiger partial charge >= 0.3 is 0 Å². The Labute approximate surface area is 114 Å². The van der Waals surface area contributed by atoms with Crippen molar-refractivity contribution in [1.82, 2.24) is 0 Å². The fourth-order valence-corrected chi connectivity index (χ4v) is 1.82. The number of phenolic OH excluding ortho intramolecular Hbond substituents is 1. The molecule has 0 fully saturated rings. The molecule has 5 nitrogen and oxygen atoms in total. The van der Waals surface area contributed by atoms with E-state index in [0.29, 0.717) is 16.3 Å². The average molecular weight is 279 g/mol. The van der Waals surface area contributed by atoms with E-state index >= 15 is 0 Å². The van der Waals surface area contributed by atoms with Crippen LogP contribution in [0.15, 0.2) is 42.5 Å². The first-order valence-corrected chi connectivity index (χ1v) is 5.90. The zero-order chi connectivity index (χ0) is 13.8. The second kappa shape index (κ2) is 5.58. The van der Waals surface area contributed by atoms with Crippen molar-refractivity contribution < 1.29 is 10.0 Å². The van der Waals surface area contributed by atoms with Crippen LogP contribution in [0, 0.1) is 10.1 Å². The number of nitro benzene ring substituents is 1. The number of aromatic hydroxyl groups is 1. The quantitative estimate of drug-likeness (QED) is 0.662. The Balaban J connectivity index is 2.17. The molecule has 0 spiro atoms. The van der Waals surface area contributed by atoms with E-state index in [9.17, 15) is 15.2 Å². The zero-order valence-corrected chi connectivity index (χ0v) is 10.6. The number of non-ortho nitro benzene ring substituents is 1. The van der Waals surface area contributed by atoms with Crippen LogP contribution in [0.4, 0.5) is 11.4 Å². The van der Waals surface area contributed by atoms with Gasteiger partial charge in [-0.15, -0.1) is 0 Å². The van der Waals surface area contributed by atoms with Crippen LogP contribution in [0.5, 0.6) is 5.75 Å². The summed E-state index contributed by atoms with van der Waals surface area (Å²) in [6.45, 7) is 0.247. The van der Waals surface area contributed by atoms with Crippen LogP contribution in [0.25, 0.3) is 0 Å². The van der Waals surface area contributed by atoms with E-state index in [0.717, 1.165) is 0 Å². The molecule has 0 radical (unpaired) electrons. The van der Waals surface area contributed by atoms with Crippen LogP contribution in [0.1, 0.15) is 5.56 Å². The molecular weight excluding hydrogens is 268 g/mol. The van der Waals surface area contributed by atoms with Gasteiger partial charge in [-0.3, -0.25) is 10.1 Å². The highest BCUT2D eigenvalue weighted by Crippen LogP contribution is 2.26. The molecule has 0 aromatic heterocycles. The lowest BCUT2D eigenvalue weighted by molar-refractivity contribution is -0.384. The lowest BCUT2D eigenvalue weighted by atomic mass is 10.1. The smallest absolute Gasteiger partial charge is 0.270 e. The Bertz CT molecular complexity index is 617. The lowest BCUT2D eigenvalue weighted by Crippen LogP contribution is -2.01. The Morgan fingerprint density at radius 1 is 1.26 bits per heavy atom. The van der Waals surface area contributed by atoms with Gasteiger partial charge in [-0.25, -0.2) is 0 Å². The third kappa shape index (κ3) is 3.14. The molecule has 6 heteroatoms. The van der Waals surface area contributed by atoms with Crippen LogP contribution in [-0.4, -0.2) is 10.0 Å². The minimum absolute atomic E-state index is 0.00477. The van der Waals surface area contributed by atoms with Gasteiger partial charge in [-0.1, -0.05) is 23.7 Å². The average Bonchev–Trinajstić information content (AvgIpc) is 2.39. The van der Waals surface area contributed by atoms with Crippen LogP contribution >= 0.6 is 11.6 Å². The minimum atomic E-state index is -0.502. The molecule has 2 N–H and O–H groups in total. The molecule has 0 heterocycles. The number of anilines is 1. The van der Waals surface area contributed by atoms with Crippen molar-refractivity contribution in [3.63, 3.8) is 0 Å². The lowest BCUT2D eigenvalue weighted by Gasteiger charge is -2.09. The van der Waals surface area contributed by atoms with E-state index in [2.05, 4.69) is 5.32 Å². The molecule has 0 aliphatic rings. The van der Waals surface area contributed by atoms with Crippen molar-refractivity contribution in [1.29, 1.82) is 0 Å². The monoisotopic (exact) mass is 278 g/mol. The van der Waals surface area contributed by atoms with E-state index in [1.807, 2.05) is 6.07 Å². The van der Waals surface area contributed by atoms with E-state index in [1.54, 1.807) is 18.2 Å². The normalized spacial score (nSPS) is 10.2. The van der Waals surface area contributed by atoms with Crippen molar-refractivity contribution >= 4 is 23.0 Å². The summed E-state index contributed by atoms with van der Waals surface area (Å²) in [6.07, 6.45) is 0. The maximum Gasteiger partial charge on any atom is 0.270 e. The number of nitro groups is 1. The van der Waals surface area contributed by atoms with Crippen molar-refractivity contribution in [2.75, 3.05) is 5.32 Å².